The predicted octanol–water partition coefficient (Wildman–Crippen LogP) is 8.01. The Bertz CT molecular complexity index is 698. The molecule has 1 aromatic rings. The van der Waals surface area contributed by atoms with E-state index in [4.69, 9.17) is 18.9 Å². The maximum absolute atomic E-state index is 5.93. The summed E-state index contributed by atoms with van der Waals surface area (Å²) in [5.74, 6) is 1.01. The number of unbranched alkanes of at least 4 members (excludes halogenated alkanes) is 15. The van der Waals surface area contributed by atoms with Crippen LogP contribution in [0, 0.1) is 0 Å². The molecule has 1 aliphatic rings. The van der Waals surface area contributed by atoms with Gasteiger partial charge >= 0.3 is 6.01 Å². The van der Waals surface area contributed by atoms with Crippen LogP contribution in [0.1, 0.15) is 110 Å². The zero-order chi connectivity index (χ0) is 28.2. The van der Waals surface area contributed by atoms with E-state index in [1.165, 1.54) is 96.3 Å². The summed E-state index contributed by atoms with van der Waals surface area (Å²) in [6.07, 6.45) is 27.2. The van der Waals surface area contributed by atoms with E-state index in [-0.39, 0.29) is 6.10 Å². The second kappa shape index (κ2) is 26.5. The van der Waals surface area contributed by atoms with Crippen molar-refractivity contribution < 1.29 is 18.9 Å². The lowest BCUT2D eigenvalue weighted by Gasteiger charge is -2.18. The Labute approximate surface area is 249 Å². The van der Waals surface area contributed by atoms with Gasteiger partial charge in [0.05, 0.1) is 38.9 Å². The fraction of sp³-hybridized carbons (Fsp3) is 0.812. The lowest BCUT2D eigenvalue weighted by molar-refractivity contribution is -0.0257. The van der Waals surface area contributed by atoms with Crippen molar-refractivity contribution in [2.45, 2.75) is 116 Å². The highest BCUT2D eigenvalue weighted by molar-refractivity contribution is 8.02. The minimum Gasteiger partial charge on any atom is -0.455 e. The third-order valence-electron chi connectivity index (χ3n) is 7.07. The molecule has 0 radical (unpaired) electrons. The van der Waals surface area contributed by atoms with Crippen LogP contribution in [0.25, 0.3) is 0 Å². The molecule has 1 atom stereocenters. The highest BCUT2D eigenvalue weighted by Crippen LogP contribution is 2.15. The molecule has 1 unspecified atom stereocenters. The maximum atomic E-state index is 5.93. The molecule has 0 saturated carbocycles. The van der Waals surface area contributed by atoms with Gasteiger partial charge in [-0.15, -0.1) is 11.8 Å². The molecule has 7 nitrogen and oxygen atoms in total. The summed E-state index contributed by atoms with van der Waals surface area (Å²) in [5.41, 5.74) is 0. The van der Waals surface area contributed by atoms with E-state index in [9.17, 15) is 0 Å². The van der Waals surface area contributed by atoms with E-state index in [0.29, 0.717) is 39.0 Å². The number of hydrogen-bond donors (Lipinski definition) is 0. The summed E-state index contributed by atoms with van der Waals surface area (Å²) in [7, 11) is 0. The van der Waals surface area contributed by atoms with Crippen molar-refractivity contribution in [3.63, 3.8) is 0 Å². The molecular weight excluding hydrogens is 522 g/mol. The number of thioether (sulfide) groups is 1. The number of hydrogen-bond acceptors (Lipinski definition) is 8. The average molecular weight is 580 g/mol. The molecule has 0 aliphatic carbocycles. The molecule has 0 bridgehead atoms. The predicted molar refractivity (Wildman–Crippen MR) is 167 cm³/mol. The molecule has 2 heterocycles. The van der Waals surface area contributed by atoms with Gasteiger partial charge in [-0.3, -0.25) is 0 Å². The molecule has 1 aliphatic heterocycles. The summed E-state index contributed by atoms with van der Waals surface area (Å²) in [6.45, 7) is 6.64. The molecule has 0 amide bonds. The minimum absolute atomic E-state index is 0.241. The molecule has 8 heteroatoms. The third-order valence-corrected chi connectivity index (χ3v) is 7.86. The van der Waals surface area contributed by atoms with Crippen molar-refractivity contribution in [2.75, 3.05) is 52.1 Å². The van der Waals surface area contributed by atoms with Crippen LogP contribution in [0.4, 0.5) is 0 Å². The van der Waals surface area contributed by atoms with E-state index >= 15 is 0 Å². The first-order valence-corrected chi connectivity index (χ1v) is 17.1. The molecule has 40 heavy (non-hydrogen) atoms. The molecule has 0 aromatic carbocycles. The highest BCUT2D eigenvalue weighted by Gasteiger charge is 2.13. The van der Waals surface area contributed by atoms with Crippen molar-refractivity contribution in [1.82, 2.24) is 14.9 Å². The molecule has 2 rings (SSSR count). The Morgan fingerprint density at radius 3 is 1.82 bits per heavy atom. The van der Waals surface area contributed by atoms with Gasteiger partial charge < -0.3 is 23.8 Å². The summed E-state index contributed by atoms with van der Waals surface area (Å²) < 4.78 is 23.3. The van der Waals surface area contributed by atoms with E-state index in [1.54, 1.807) is 30.2 Å². The van der Waals surface area contributed by atoms with Gasteiger partial charge in [0.1, 0.15) is 6.10 Å². The second-order valence-corrected chi connectivity index (χ2v) is 11.6. The van der Waals surface area contributed by atoms with Crippen LogP contribution >= 0.6 is 11.8 Å². The summed E-state index contributed by atoms with van der Waals surface area (Å²) >= 11 is 1.81. The first kappa shape index (κ1) is 34.8. The molecular formula is C32H57N3O4S. The Balaban J connectivity index is 1.40. The Hall–Kier alpha value is -1.35. The Morgan fingerprint density at radius 2 is 1.25 bits per heavy atom. The number of ether oxygens (including phenoxy) is 4. The van der Waals surface area contributed by atoms with E-state index in [1.807, 2.05) is 0 Å². The van der Waals surface area contributed by atoms with E-state index < -0.39 is 0 Å². The number of aromatic nitrogens is 2. The fourth-order valence-corrected chi connectivity index (χ4v) is 5.40. The largest absolute Gasteiger partial charge is 0.455 e. The first-order chi connectivity index (χ1) is 19.9. The number of nitrogens with zero attached hydrogens (tertiary/aromatic N) is 3. The van der Waals surface area contributed by atoms with Crippen molar-refractivity contribution in [2.24, 2.45) is 0 Å². The van der Waals surface area contributed by atoms with Crippen LogP contribution < -0.4 is 4.74 Å². The third kappa shape index (κ3) is 20.5. The standard InChI is InChI=1S/C32H57N3O4S/c1-2-3-4-5-6-7-8-9-10-11-12-13-14-15-16-17-23-37-28-31(39-32-33-19-18-20-34-32)29-38-26-25-36-24-21-35-22-27-40-30-35/h18-20,22,27,31H,2-17,21,23-26,28-30H2,1H3. The average Bonchev–Trinajstić information content (AvgIpc) is 3.50. The fourth-order valence-electron chi connectivity index (χ4n) is 4.64. The van der Waals surface area contributed by atoms with Gasteiger partial charge in [-0.25, -0.2) is 9.97 Å². The molecule has 0 fully saturated rings. The minimum atomic E-state index is -0.241. The van der Waals surface area contributed by atoms with Crippen LogP contribution in [0.15, 0.2) is 30.1 Å². The van der Waals surface area contributed by atoms with Crippen molar-refractivity contribution in [1.29, 1.82) is 0 Å². The molecule has 0 N–H and O–H groups in total. The van der Waals surface area contributed by atoms with Crippen LogP contribution in [0.2, 0.25) is 0 Å². The Morgan fingerprint density at radius 1 is 0.700 bits per heavy atom. The second-order valence-electron chi connectivity index (χ2n) is 10.7. The van der Waals surface area contributed by atoms with Gasteiger partial charge in [-0.05, 0) is 17.9 Å². The summed E-state index contributed by atoms with van der Waals surface area (Å²) in [4.78, 5) is 10.6. The molecule has 1 aromatic heterocycles. The van der Waals surface area contributed by atoms with Crippen LogP contribution in [-0.4, -0.2) is 73.0 Å². The van der Waals surface area contributed by atoms with Gasteiger partial charge in [-0.2, -0.15) is 0 Å². The van der Waals surface area contributed by atoms with Gasteiger partial charge in [-0.1, -0.05) is 103 Å². The topological polar surface area (TPSA) is 65.9 Å². The van der Waals surface area contributed by atoms with Gasteiger partial charge in [0.25, 0.3) is 0 Å². The monoisotopic (exact) mass is 579 g/mol. The Kier molecular flexibility index (Phi) is 23.1. The normalized spacial score (nSPS) is 13.8. The van der Waals surface area contributed by atoms with Gasteiger partial charge in [0.15, 0.2) is 0 Å². The maximum Gasteiger partial charge on any atom is 0.316 e. The zero-order valence-electron chi connectivity index (χ0n) is 25.3. The lowest BCUT2D eigenvalue weighted by atomic mass is 10.0. The van der Waals surface area contributed by atoms with Gasteiger partial charge in [0.2, 0.25) is 0 Å². The smallest absolute Gasteiger partial charge is 0.316 e. The van der Waals surface area contributed by atoms with Gasteiger partial charge in [0, 0.05) is 31.7 Å². The SMILES string of the molecule is CCCCCCCCCCCCCCCCCCOCC(COCCOCCN1C=CSC1)Oc1ncccn1. The van der Waals surface area contributed by atoms with Crippen molar-refractivity contribution in [3.8, 4) is 6.01 Å². The van der Waals surface area contributed by atoms with Crippen molar-refractivity contribution in [3.05, 3.63) is 30.1 Å². The zero-order valence-corrected chi connectivity index (χ0v) is 26.1. The summed E-state index contributed by atoms with van der Waals surface area (Å²) in [6, 6.07) is 2.13. The van der Waals surface area contributed by atoms with E-state index in [2.05, 4.69) is 33.4 Å². The first-order valence-electron chi connectivity index (χ1n) is 16.1. The molecule has 0 saturated heterocycles. The number of rotatable bonds is 29. The van der Waals surface area contributed by atoms with E-state index in [0.717, 1.165) is 25.4 Å². The summed E-state index contributed by atoms with van der Waals surface area (Å²) in [5, 5.41) is 2.11. The van der Waals surface area contributed by atoms with Crippen LogP contribution in [0.3, 0.4) is 0 Å². The van der Waals surface area contributed by atoms with Crippen molar-refractivity contribution >= 4 is 11.8 Å². The van der Waals surface area contributed by atoms with Crippen LogP contribution in [0.5, 0.6) is 6.01 Å². The lowest BCUT2D eigenvalue weighted by Crippen LogP contribution is -2.30. The highest BCUT2D eigenvalue weighted by atomic mass is 32.2. The molecule has 0 spiro atoms. The molecule has 230 valence electrons. The van der Waals surface area contributed by atoms with Crippen LogP contribution in [-0.2, 0) is 14.2 Å². The quantitative estimate of drug-likeness (QED) is 0.0884.